The number of halogens is 1. The summed E-state index contributed by atoms with van der Waals surface area (Å²) in [6.45, 7) is 0. The molecule has 0 fully saturated rings. The van der Waals surface area contributed by atoms with Gasteiger partial charge in [0.1, 0.15) is 0 Å². The van der Waals surface area contributed by atoms with Gasteiger partial charge in [-0.1, -0.05) is 22.9 Å². The Kier molecular flexibility index (Phi) is 5.02. The van der Waals surface area contributed by atoms with Crippen LogP contribution in [0, 0.1) is 0 Å². The van der Waals surface area contributed by atoms with Crippen molar-refractivity contribution in [2.75, 3.05) is 22.9 Å². The number of amides is 1. The molecule has 2 aromatic carbocycles. The van der Waals surface area contributed by atoms with Gasteiger partial charge in [-0.05, 0) is 36.4 Å². The molecule has 1 amide bonds. The summed E-state index contributed by atoms with van der Waals surface area (Å²) in [6, 6.07) is 9.55. The Morgan fingerprint density at radius 1 is 1.22 bits per heavy atom. The van der Waals surface area contributed by atoms with Gasteiger partial charge >= 0.3 is 4.87 Å². The van der Waals surface area contributed by atoms with Crippen molar-refractivity contribution in [3.8, 4) is 0 Å². The maximum Gasteiger partial charge on any atom is 0.307 e. The molecule has 1 heterocycles. The molecule has 7 nitrogen and oxygen atoms in total. The molecule has 3 rings (SSSR count). The highest BCUT2D eigenvalue weighted by Gasteiger charge is 2.17. The Balaban J connectivity index is 1.93. The molecule has 0 saturated heterocycles. The zero-order valence-electron chi connectivity index (χ0n) is 14.7. The summed E-state index contributed by atoms with van der Waals surface area (Å²) in [6.07, 6.45) is 1.07. The maximum absolute atomic E-state index is 12.6. The molecule has 0 unspecified atom stereocenters. The first-order chi connectivity index (χ1) is 12.6. The summed E-state index contributed by atoms with van der Waals surface area (Å²) in [5.74, 6) is -0.480. The first kappa shape index (κ1) is 19.4. The Morgan fingerprint density at radius 2 is 1.93 bits per heavy atom. The lowest BCUT2D eigenvalue weighted by Crippen LogP contribution is -2.25. The van der Waals surface area contributed by atoms with Crippen LogP contribution in [0.1, 0.15) is 10.4 Å². The third kappa shape index (κ3) is 3.85. The standard InChI is InChI=1S/C17H16ClN3O4S2/c1-20-14-7-4-10(8-15(14)26-17(20)23)19-16(22)12-9-11(5-6-13(12)18)21(2)27(3,24)25/h4-9H,1-3H3,(H,19,22). The van der Waals surface area contributed by atoms with Crippen molar-refractivity contribution in [3.63, 3.8) is 0 Å². The topological polar surface area (TPSA) is 88.5 Å². The average molecular weight is 426 g/mol. The van der Waals surface area contributed by atoms with Crippen LogP contribution >= 0.6 is 22.9 Å². The van der Waals surface area contributed by atoms with Crippen LogP contribution in [0.15, 0.2) is 41.2 Å². The zero-order valence-corrected chi connectivity index (χ0v) is 17.1. The summed E-state index contributed by atoms with van der Waals surface area (Å²) in [5.41, 5.74) is 1.75. The number of thiazole rings is 1. The normalized spacial score (nSPS) is 11.6. The SMILES string of the molecule is CN(c1ccc(Cl)c(C(=O)Nc2ccc3c(c2)sc(=O)n3C)c1)S(C)(=O)=O. The number of rotatable bonds is 4. The van der Waals surface area contributed by atoms with Gasteiger partial charge in [-0.25, -0.2) is 8.42 Å². The quantitative estimate of drug-likeness (QED) is 0.696. The van der Waals surface area contributed by atoms with Crippen molar-refractivity contribution in [1.29, 1.82) is 0 Å². The Hall–Kier alpha value is -2.36. The lowest BCUT2D eigenvalue weighted by Gasteiger charge is -2.18. The van der Waals surface area contributed by atoms with E-state index >= 15 is 0 Å². The van der Waals surface area contributed by atoms with Crippen LogP contribution in [0.25, 0.3) is 10.2 Å². The summed E-state index contributed by atoms with van der Waals surface area (Å²) >= 11 is 7.21. The van der Waals surface area contributed by atoms with E-state index in [1.807, 2.05) is 0 Å². The van der Waals surface area contributed by atoms with Crippen molar-refractivity contribution in [1.82, 2.24) is 4.57 Å². The van der Waals surface area contributed by atoms with Crippen LogP contribution < -0.4 is 14.5 Å². The van der Waals surface area contributed by atoms with E-state index in [-0.39, 0.29) is 15.5 Å². The van der Waals surface area contributed by atoms with Gasteiger partial charge in [0.2, 0.25) is 10.0 Å². The highest BCUT2D eigenvalue weighted by molar-refractivity contribution is 7.92. The number of nitrogens with zero attached hydrogens (tertiary/aromatic N) is 2. The fourth-order valence-corrected chi connectivity index (χ4v) is 4.10. The van der Waals surface area contributed by atoms with E-state index in [1.54, 1.807) is 25.2 Å². The molecule has 0 radical (unpaired) electrons. The van der Waals surface area contributed by atoms with Gasteiger partial charge in [-0.15, -0.1) is 0 Å². The number of hydrogen-bond acceptors (Lipinski definition) is 5. The fourth-order valence-electron chi connectivity index (χ4n) is 2.48. The number of sulfonamides is 1. The minimum atomic E-state index is -3.47. The number of aryl methyl sites for hydroxylation is 1. The van der Waals surface area contributed by atoms with Gasteiger partial charge in [0.15, 0.2) is 0 Å². The van der Waals surface area contributed by atoms with Crippen LogP contribution in [-0.4, -0.2) is 32.2 Å². The molecule has 0 saturated carbocycles. The van der Waals surface area contributed by atoms with E-state index in [2.05, 4.69) is 5.32 Å². The van der Waals surface area contributed by atoms with E-state index in [0.29, 0.717) is 11.4 Å². The predicted octanol–water partition coefficient (Wildman–Crippen LogP) is 2.90. The maximum atomic E-state index is 12.6. The molecule has 0 aliphatic heterocycles. The van der Waals surface area contributed by atoms with E-state index in [4.69, 9.17) is 11.6 Å². The van der Waals surface area contributed by atoms with Crippen LogP contribution in [-0.2, 0) is 17.1 Å². The number of anilines is 2. The van der Waals surface area contributed by atoms with Crippen molar-refractivity contribution in [2.24, 2.45) is 7.05 Å². The Morgan fingerprint density at radius 3 is 2.59 bits per heavy atom. The Bertz CT molecular complexity index is 1210. The van der Waals surface area contributed by atoms with Crippen LogP contribution in [0.5, 0.6) is 0 Å². The minimum Gasteiger partial charge on any atom is -0.322 e. The van der Waals surface area contributed by atoms with Gasteiger partial charge < -0.3 is 9.88 Å². The average Bonchev–Trinajstić information content (AvgIpc) is 2.87. The summed E-state index contributed by atoms with van der Waals surface area (Å²) < 4.78 is 26.8. The van der Waals surface area contributed by atoms with Crippen LogP contribution in [0.4, 0.5) is 11.4 Å². The molecule has 10 heteroatoms. The summed E-state index contributed by atoms with van der Waals surface area (Å²) in [4.78, 5) is 24.3. The van der Waals surface area contributed by atoms with Crippen molar-refractivity contribution in [2.45, 2.75) is 0 Å². The second-order valence-electron chi connectivity index (χ2n) is 5.96. The second kappa shape index (κ2) is 6.99. The largest absolute Gasteiger partial charge is 0.322 e. The Labute approximate surface area is 164 Å². The summed E-state index contributed by atoms with van der Waals surface area (Å²) in [5, 5.41) is 2.93. The third-order valence-electron chi connectivity index (χ3n) is 4.11. The number of carbonyl (C=O) groups is 1. The smallest absolute Gasteiger partial charge is 0.307 e. The number of aromatic nitrogens is 1. The van der Waals surface area contributed by atoms with E-state index in [0.717, 1.165) is 32.1 Å². The monoisotopic (exact) mass is 425 g/mol. The second-order valence-corrected chi connectivity index (χ2v) is 9.37. The lowest BCUT2D eigenvalue weighted by atomic mass is 10.1. The molecule has 1 N–H and O–H groups in total. The first-order valence-electron chi connectivity index (χ1n) is 7.72. The summed E-state index contributed by atoms with van der Waals surface area (Å²) in [7, 11) is -0.390. The number of fused-ring (bicyclic) bond motifs is 1. The predicted molar refractivity (Wildman–Crippen MR) is 110 cm³/mol. The van der Waals surface area contributed by atoms with Gasteiger partial charge in [-0.3, -0.25) is 13.9 Å². The van der Waals surface area contributed by atoms with Crippen molar-refractivity contribution >= 4 is 60.5 Å². The minimum absolute atomic E-state index is 0.0898. The number of carbonyl (C=O) groups excluding carboxylic acids is 1. The molecular formula is C17H16ClN3O4S2. The van der Waals surface area contributed by atoms with Crippen LogP contribution in [0.2, 0.25) is 5.02 Å². The molecule has 27 heavy (non-hydrogen) atoms. The number of benzene rings is 2. The molecule has 0 atom stereocenters. The van der Waals surface area contributed by atoms with Gasteiger partial charge in [-0.2, -0.15) is 0 Å². The molecule has 0 bridgehead atoms. The van der Waals surface area contributed by atoms with Crippen molar-refractivity contribution < 1.29 is 13.2 Å². The molecule has 1 aromatic heterocycles. The van der Waals surface area contributed by atoms with Gasteiger partial charge in [0, 0.05) is 19.8 Å². The molecule has 142 valence electrons. The lowest BCUT2D eigenvalue weighted by molar-refractivity contribution is 0.102. The van der Waals surface area contributed by atoms with Gasteiger partial charge in [0.05, 0.1) is 32.7 Å². The van der Waals surface area contributed by atoms with Crippen LogP contribution in [0.3, 0.4) is 0 Å². The molecule has 3 aromatic rings. The van der Waals surface area contributed by atoms with Gasteiger partial charge in [0.25, 0.3) is 5.91 Å². The fraction of sp³-hybridized carbons (Fsp3) is 0.176. The van der Waals surface area contributed by atoms with E-state index in [9.17, 15) is 18.0 Å². The van der Waals surface area contributed by atoms with E-state index in [1.165, 1.54) is 29.8 Å². The number of hydrogen-bond donors (Lipinski definition) is 1. The molecule has 0 aliphatic rings. The highest BCUT2D eigenvalue weighted by Crippen LogP contribution is 2.26. The highest BCUT2D eigenvalue weighted by atomic mass is 35.5. The molecule has 0 spiro atoms. The third-order valence-corrected chi connectivity index (χ3v) is 6.64. The molecular weight excluding hydrogens is 410 g/mol. The molecule has 0 aliphatic carbocycles. The number of nitrogens with one attached hydrogen (secondary N) is 1. The van der Waals surface area contributed by atoms with Crippen molar-refractivity contribution in [3.05, 3.63) is 56.7 Å². The zero-order chi connectivity index (χ0) is 19.9. The van der Waals surface area contributed by atoms with E-state index < -0.39 is 15.9 Å². The first-order valence-corrected chi connectivity index (χ1v) is 10.8.